The molecule has 0 unspecified atom stereocenters. The number of aryl methyl sites for hydroxylation is 1. The molecule has 7 nitrogen and oxygen atoms in total. The summed E-state index contributed by atoms with van der Waals surface area (Å²) >= 11 is 0. The molecule has 0 aromatic heterocycles. The van der Waals surface area contributed by atoms with E-state index in [1.54, 1.807) is 24.3 Å². The number of methoxy groups -OCH3 is 2. The minimum absolute atomic E-state index is 0.181. The topological polar surface area (TPSA) is 91.1 Å². The lowest BCUT2D eigenvalue weighted by Gasteiger charge is -2.23. The average Bonchev–Trinajstić information content (AvgIpc) is 2.81. The Morgan fingerprint density at radius 1 is 0.818 bits per heavy atom. The van der Waals surface area contributed by atoms with Gasteiger partial charge in [-0.25, -0.2) is 15.0 Å². The highest BCUT2D eigenvalue weighted by Crippen LogP contribution is 2.37. The minimum Gasteiger partial charge on any atom is -0.469 e. The second kappa shape index (κ2) is 14.7. The Morgan fingerprint density at radius 3 is 1.64 bits per heavy atom. The molecule has 0 aliphatic carbocycles. The zero-order valence-corrected chi connectivity index (χ0v) is 20.9. The number of hydrogen-bond donors (Lipinski definition) is 0. The van der Waals surface area contributed by atoms with Gasteiger partial charge in [-0.15, -0.1) is 0 Å². The lowest BCUT2D eigenvalue weighted by Crippen LogP contribution is -2.35. The number of nitrogens with zero attached hydrogens (tertiary/aromatic N) is 1. The van der Waals surface area contributed by atoms with Gasteiger partial charge in [-0.2, -0.15) is 0 Å². The second-order valence-corrected chi connectivity index (χ2v) is 10.6. The Hall–Kier alpha value is -2.40. The molecule has 33 heavy (non-hydrogen) atoms. The third-order valence-corrected chi connectivity index (χ3v) is 8.28. The average molecular weight is 480 g/mol. The van der Waals surface area contributed by atoms with E-state index in [4.69, 9.17) is 6.57 Å². The molecule has 0 heterocycles. The van der Waals surface area contributed by atoms with Crippen LogP contribution >= 0.6 is 0 Å². The van der Waals surface area contributed by atoms with Crippen molar-refractivity contribution in [1.29, 1.82) is 0 Å². The quantitative estimate of drug-likeness (QED) is 0.179. The van der Waals surface area contributed by atoms with E-state index >= 15 is 0 Å². The number of carbonyl (C=O) groups is 2. The van der Waals surface area contributed by atoms with E-state index in [-0.39, 0.29) is 29.7 Å². The van der Waals surface area contributed by atoms with Crippen molar-refractivity contribution in [3.63, 3.8) is 0 Å². The Labute approximate surface area is 198 Å². The summed E-state index contributed by atoms with van der Waals surface area (Å²) in [6.07, 6.45) is 6.81. The van der Waals surface area contributed by atoms with Gasteiger partial charge in [0.05, 0.1) is 19.1 Å². The number of carbonyl (C=O) groups excluding carboxylic acids is 2. The highest BCUT2D eigenvalue weighted by Gasteiger charge is 2.50. The Morgan fingerprint density at radius 2 is 1.24 bits per heavy atom. The zero-order valence-electron chi connectivity index (χ0n) is 20.1. The number of unbranched alkanes of at least 4 members (excludes halogenated alkanes) is 6. The molecule has 1 rings (SSSR count). The van der Waals surface area contributed by atoms with Crippen LogP contribution in [-0.4, -0.2) is 39.4 Å². The Bertz CT molecular complexity index is 858. The Balaban J connectivity index is 2.83. The van der Waals surface area contributed by atoms with E-state index in [9.17, 15) is 18.0 Å². The number of hydrogen-bond acceptors (Lipinski definition) is 6. The van der Waals surface area contributed by atoms with Crippen LogP contribution in [0.1, 0.15) is 82.6 Å². The predicted octanol–water partition coefficient (Wildman–Crippen LogP) is 5.41. The van der Waals surface area contributed by atoms with Gasteiger partial charge < -0.3 is 9.47 Å². The van der Waals surface area contributed by atoms with Crippen molar-refractivity contribution in [3.8, 4) is 0 Å². The number of rotatable bonds is 16. The summed E-state index contributed by atoms with van der Waals surface area (Å²) < 4.78 is 36.4. The molecule has 0 aliphatic rings. The van der Waals surface area contributed by atoms with Gasteiger partial charge >= 0.3 is 16.8 Å². The number of sulfone groups is 1. The first-order valence-corrected chi connectivity index (χ1v) is 13.0. The monoisotopic (exact) mass is 479 g/mol. The lowest BCUT2D eigenvalue weighted by atomic mass is 10.00. The number of benzene rings is 1. The first-order chi connectivity index (χ1) is 15.7. The fourth-order valence-electron chi connectivity index (χ4n) is 3.75. The highest BCUT2D eigenvalue weighted by molar-refractivity contribution is 7.93. The van der Waals surface area contributed by atoms with Crippen LogP contribution in [0.3, 0.4) is 0 Å². The molecule has 0 saturated heterocycles. The van der Waals surface area contributed by atoms with Crippen molar-refractivity contribution in [2.75, 3.05) is 14.2 Å². The second-order valence-electron chi connectivity index (χ2n) is 8.36. The maximum absolute atomic E-state index is 13.6. The molecule has 0 radical (unpaired) electrons. The summed E-state index contributed by atoms with van der Waals surface area (Å²) in [7, 11) is -1.13. The van der Waals surface area contributed by atoms with Crippen LogP contribution < -0.4 is 0 Å². The largest absolute Gasteiger partial charge is 0.469 e. The van der Waals surface area contributed by atoms with Gasteiger partial charge in [0.15, 0.2) is 0 Å². The van der Waals surface area contributed by atoms with Crippen LogP contribution in [0.25, 0.3) is 4.85 Å². The smallest absolute Gasteiger partial charge is 0.333 e. The number of ether oxygens (including phenoxy) is 2. The normalized spacial score (nSPS) is 11.6. The first kappa shape index (κ1) is 28.6. The van der Waals surface area contributed by atoms with Gasteiger partial charge in [0.25, 0.3) is 9.84 Å². The SMILES string of the molecule is [C-]#[N+]C(CCCCCCC(=O)OC)(CCCCCCC(=O)OC)S(=O)(=O)c1ccc(C)cc1. The molecule has 0 amide bonds. The standard InChI is InChI=1S/C25H37NO6S/c1-21-15-17-22(18-16-21)33(29,30)25(26-2,19-11-7-5-9-13-23(27)31-3)20-12-8-6-10-14-24(28)32-4/h15-18H,5-14,19-20H2,1,3-4H3. The van der Waals surface area contributed by atoms with Gasteiger partial charge in [-0.1, -0.05) is 43.4 Å². The molecule has 0 bridgehead atoms. The molecular weight excluding hydrogens is 442 g/mol. The van der Waals surface area contributed by atoms with E-state index in [0.717, 1.165) is 31.2 Å². The van der Waals surface area contributed by atoms with Gasteiger partial charge in [0.1, 0.15) is 0 Å². The maximum Gasteiger partial charge on any atom is 0.333 e. The molecular formula is C25H37NO6S. The van der Waals surface area contributed by atoms with Crippen molar-refractivity contribution >= 4 is 21.8 Å². The molecule has 0 N–H and O–H groups in total. The van der Waals surface area contributed by atoms with Crippen molar-refractivity contribution in [1.82, 2.24) is 0 Å². The first-order valence-electron chi connectivity index (χ1n) is 11.6. The van der Waals surface area contributed by atoms with Crippen LogP contribution in [0.5, 0.6) is 0 Å². The molecule has 0 aliphatic heterocycles. The predicted molar refractivity (Wildman–Crippen MR) is 127 cm³/mol. The van der Waals surface area contributed by atoms with Gasteiger partial charge in [0.2, 0.25) is 0 Å². The van der Waals surface area contributed by atoms with Crippen molar-refractivity contribution < 1.29 is 27.5 Å². The van der Waals surface area contributed by atoms with Crippen LogP contribution in [0.15, 0.2) is 29.2 Å². The number of esters is 2. The van der Waals surface area contributed by atoms with Gasteiger partial charge in [-0.3, -0.25) is 14.4 Å². The van der Waals surface area contributed by atoms with Crippen molar-refractivity contribution in [2.45, 2.75) is 93.7 Å². The van der Waals surface area contributed by atoms with Crippen LogP contribution in [-0.2, 0) is 28.9 Å². The maximum atomic E-state index is 13.6. The molecule has 0 fully saturated rings. The third-order valence-electron chi connectivity index (χ3n) is 5.89. The van der Waals surface area contributed by atoms with E-state index in [1.165, 1.54) is 14.2 Å². The lowest BCUT2D eigenvalue weighted by molar-refractivity contribution is -0.141. The third kappa shape index (κ3) is 9.17. The van der Waals surface area contributed by atoms with Crippen molar-refractivity contribution in [3.05, 3.63) is 41.2 Å². The molecule has 0 spiro atoms. The van der Waals surface area contributed by atoms with E-state index in [1.807, 2.05) is 6.92 Å². The zero-order chi connectivity index (χ0) is 24.7. The molecule has 184 valence electrons. The van der Waals surface area contributed by atoms with Gasteiger partial charge in [0, 0.05) is 25.7 Å². The van der Waals surface area contributed by atoms with E-state index < -0.39 is 14.7 Å². The fraction of sp³-hybridized carbons (Fsp3) is 0.640. The highest BCUT2D eigenvalue weighted by atomic mass is 32.2. The Kier molecular flexibility index (Phi) is 12.7. The molecule has 0 saturated carbocycles. The van der Waals surface area contributed by atoms with Gasteiger partial charge in [-0.05, 0) is 44.7 Å². The molecule has 1 aromatic rings. The van der Waals surface area contributed by atoms with Crippen LogP contribution in [0, 0.1) is 13.5 Å². The summed E-state index contributed by atoms with van der Waals surface area (Å²) in [4.78, 5) is 24.9. The summed E-state index contributed by atoms with van der Waals surface area (Å²) in [5.41, 5.74) is 0.957. The molecule has 1 aromatic carbocycles. The fourth-order valence-corrected chi connectivity index (χ4v) is 5.63. The molecule has 8 heteroatoms. The van der Waals surface area contributed by atoms with Crippen LogP contribution in [0.4, 0.5) is 0 Å². The van der Waals surface area contributed by atoms with Crippen molar-refractivity contribution in [2.24, 2.45) is 0 Å². The molecule has 0 atom stereocenters. The minimum atomic E-state index is -3.85. The van der Waals surface area contributed by atoms with E-state index in [0.29, 0.717) is 38.5 Å². The summed E-state index contributed by atoms with van der Waals surface area (Å²) in [6, 6.07) is 6.66. The summed E-state index contributed by atoms with van der Waals surface area (Å²) in [5.74, 6) is -0.501. The van der Waals surface area contributed by atoms with Crippen LogP contribution in [0.2, 0.25) is 0 Å². The van der Waals surface area contributed by atoms with E-state index in [2.05, 4.69) is 14.3 Å². The summed E-state index contributed by atoms with van der Waals surface area (Å²) in [5, 5.41) is 0. The summed E-state index contributed by atoms with van der Waals surface area (Å²) in [6.45, 7) is 9.76.